The molecule has 0 radical (unpaired) electrons. The molecule has 130 valence electrons. The minimum atomic E-state index is -0.597. The Bertz CT molecular complexity index is 865. The van der Waals surface area contributed by atoms with E-state index in [1.807, 2.05) is 31.2 Å². The van der Waals surface area contributed by atoms with Crippen molar-refractivity contribution in [2.75, 3.05) is 12.4 Å². The molecule has 0 saturated carbocycles. The number of nitrogens with two attached hydrogens (primary N) is 1. The Balaban J connectivity index is 1.81. The van der Waals surface area contributed by atoms with Gasteiger partial charge in [-0.15, -0.1) is 10.2 Å². The molecule has 5 nitrogen and oxygen atoms in total. The third-order valence-corrected chi connectivity index (χ3v) is 4.44. The Labute approximate surface area is 147 Å². The highest BCUT2D eigenvalue weighted by Crippen LogP contribution is 2.27. The van der Waals surface area contributed by atoms with Crippen molar-refractivity contribution in [1.82, 2.24) is 14.9 Å². The Kier molecular flexibility index (Phi) is 5.18. The molecule has 1 heterocycles. The summed E-state index contributed by atoms with van der Waals surface area (Å²) in [4.78, 5) is 0. The number of thioether (sulfide) groups is 1. The van der Waals surface area contributed by atoms with E-state index in [-0.39, 0.29) is 11.3 Å². The number of hydrogen-bond acceptors (Lipinski definition) is 5. The summed E-state index contributed by atoms with van der Waals surface area (Å²) in [5.41, 5.74) is 0.722. The van der Waals surface area contributed by atoms with Gasteiger partial charge >= 0.3 is 0 Å². The number of benzene rings is 2. The molecule has 2 aromatic carbocycles. The lowest BCUT2D eigenvalue weighted by atomic mass is 10.2. The van der Waals surface area contributed by atoms with Crippen molar-refractivity contribution in [3.8, 4) is 17.1 Å². The van der Waals surface area contributed by atoms with Crippen molar-refractivity contribution < 1.29 is 13.5 Å². The zero-order valence-electron chi connectivity index (χ0n) is 13.4. The first-order chi connectivity index (χ1) is 12.1. The van der Waals surface area contributed by atoms with E-state index in [0.29, 0.717) is 23.3 Å². The fourth-order valence-corrected chi connectivity index (χ4v) is 3.14. The highest BCUT2D eigenvalue weighted by atomic mass is 32.2. The smallest absolute Gasteiger partial charge is 0.210 e. The van der Waals surface area contributed by atoms with E-state index in [4.69, 9.17) is 10.6 Å². The van der Waals surface area contributed by atoms with E-state index >= 15 is 0 Å². The van der Waals surface area contributed by atoms with Gasteiger partial charge < -0.3 is 10.6 Å². The predicted molar refractivity (Wildman–Crippen MR) is 92.7 cm³/mol. The van der Waals surface area contributed by atoms with Crippen LogP contribution in [0.25, 0.3) is 11.4 Å². The van der Waals surface area contributed by atoms with Crippen LogP contribution in [-0.4, -0.2) is 21.5 Å². The topological polar surface area (TPSA) is 66.0 Å². The lowest BCUT2D eigenvalue weighted by molar-refractivity contribution is 0.340. The van der Waals surface area contributed by atoms with E-state index in [2.05, 4.69) is 10.2 Å². The average Bonchev–Trinajstić information content (AvgIpc) is 2.96. The summed E-state index contributed by atoms with van der Waals surface area (Å²) in [5, 5.41) is 8.44. The SMILES string of the molecule is CCOc1cccc(-c2nnc(SCc3c(F)cccc3F)n2N)c1. The maximum atomic E-state index is 13.7. The number of halogens is 2. The maximum absolute atomic E-state index is 13.7. The predicted octanol–water partition coefficient (Wildman–Crippen LogP) is 3.63. The van der Waals surface area contributed by atoms with Gasteiger partial charge in [0.25, 0.3) is 0 Å². The van der Waals surface area contributed by atoms with Crippen molar-refractivity contribution >= 4 is 11.8 Å². The third kappa shape index (κ3) is 3.74. The molecule has 0 saturated heterocycles. The molecule has 3 aromatic rings. The molecule has 3 rings (SSSR count). The Morgan fingerprint density at radius 3 is 2.56 bits per heavy atom. The van der Waals surface area contributed by atoms with Gasteiger partial charge in [-0.05, 0) is 31.2 Å². The molecule has 0 aliphatic rings. The molecule has 2 N–H and O–H groups in total. The largest absolute Gasteiger partial charge is 0.494 e. The van der Waals surface area contributed by atoms with Crippen molar-refractivity contribution in [1.29, 1.82) is 0 Å². The fraction of sp³-hybridized carbons (Fsp3) is 0.176. The van der Waals surface area contributed by atoms with Crippen LogP contribution < -0.4 is 10.6 Å². The van der Waals surface area contributed by atoms with Gasteiger partial charge in [0, 0.05) is 16.9 Å². The molecule has 0 spiro atoms. The van der Waals surface area contributed by atoms with Gasteiger partial charge in [-0.1, -0.05) is 30.0 Å². The molecule has 0 unspecified atom stereocenters. The number of hydrogen-bond donors (Lipinski definition) is 1. The van der Waals surface area contributed by atoms with E-state index in [1.165, 1.54) is 22.9 Å². The number of rotatable bonds is 6. The van der Waals surface area contributed by atoms with Gasteiger partial charge in [0.2, 0.25) is 5.16 Å². The van der Waals surface area contributed by atoms with Crippen molar-refractivity contribution in [2.24, 2.45) is 0 Å². The van der Waals surface area contributed by atoms with Gasteiger partial charge in [0.15, 0.2) is 5.82 Å². The quantitative estimate of drug-likeness (QED) is 0.536. The van der Waals surface area contributed by atoms with E-state index in [0.717, 1.165) is 17.3 Å². The molecule has 0 atom stereocenters. The summed E-state index contributed by atoms with van der Waals surface area (Å²) in [5.74, 6) is 6.05. The minimum Gasteiger partial charge on any atom is -0.494 e. The second kappa shape index (κ2) is 7.52. The molecule has 0 aliphatic heterocycles. The monoisotopic (exact) mass is 362 g/mol. The lowest BCUT2D eigenvalue weighted by Gasteiger charge is -2.07. The number of nitrogens with zero attached hydrogens (tertiary/aromatic N) is 3. The van der Waals surface area contributed by atoms with E-state index in [1.54, 1.807) is 0 Å². The second-order valence-corrected chi connectivity index (χ2v) is 6.07. The van der Waals surface area contributed by atoms with Crippen molar-refractivity contribution in [2.45, 2.75) is 17.8 Å². The van der Waals surface area contributed by atoms with Crippen LogP contribution in [0.4, 0.5) is 8.78 Å². The molecule has 8 heteroatoms. The molecule has 25 heavy (non-hydrogen) atoms. The summed E-state index contributed by atoms with van der Waals surface area (Å²) in [7, 11) is 0. The van der Waals surface area contributed by atoms with Gasteiger partial charge in [0.1, 0.15) is 17.4 Å². The third-order valence-electron chi connectivity index (χ3n) is 3.48. The molecule has 0 aliphatic carbocycles. The Hall–Kier alpha value is -2.61. The summed E-state index contributed by atoms with van der Waals surface area (Å²) < 4.78 is 34.2. The van der Waals surface area contributed by atoms with Crippen LogP contribution in [0.3, 0.4) is 0 Å². The van der Waals surface area contributed by atoms with Gasteiger partial charge in [0.05, 0.1) is 6.61 Å². The summed E-state index contributed by atoms with van der Waals surface area (Å²) in [6, 6.07) is 11.1. The molecular formula is C17H16F2N4OS. The van der Waals surface area contributed by atoms with Crippen LogP contribution in [0.5, 0.6) is 5.75 Å². The minimum absolute atomic E-state index is 0.0182. The first kappa shape index (κ1) is 17.2. The number of aromatic nitrogens is 3. The lowest BCUT2D eigenvalue weighted by Crippen LogP contribution is -2.11. The second-order valence-electron chi connectivity index (χ2n) is 5.13. The van der Waals surface area contributed by atoms with Crippen LogP contribution in [0.15, 0.2) is 47.6 Å². The van der Waals surface area contributed by atoms with Crippen LogP contribution >= 0.6 is 11.8 Å². The standard InChI is InChI=1S/C17H16F2N4OS/c1-2-24-12-6-3-5-11(9-12)16-21-22-17(23(16)20)25-10-13-14(18)7-4-8-15(13)19/h3-9H,2,10,20H2,1H3. The van der Waals surface area contributed by atoms with Gasteiger partial charge in [-0.3, -0.25) is 0 Å². The average molecular weight is 362 g/mol. The molecule has 0 amide bonds. The van der Waals surface area contributed by atoms with Crippen LogP contribution in [0.1, 0.15) is 12.5 Å². The van der Waals surface area contributed by atoms with Gasteiger partial charge in [-0.2, -0.15) is 0 Å². The fourth-order valence-electron chi connectivity index (χ4n) is 2.27. The molecule has 1 aromatic heterocycles. The highest BCUT2D eigenvalue weighted by molar-refractivity contribution is 7.98. The zero-order valence-corrected chi connectivity index (χ0v) is 14.3. The molecule has 0 fully saturated rings. The summed E-state index contributed by atoms with van der Waals surface area (Å²) >= 11 is 1.11. The van der Waals surface area contributed by atoms with E-state index < -0.39 is 11.6 Å². The van der Waals surface area contributed by atoms with Crippen molar-refractivity contribution in [3.63, 3.8) is 0 Å². The first-order valence-corrected chi connectivity index (χ1v) is 8.58. The van der Waals surface area contributed by atoms with Crippen LogP contribution in [-0.2, 0) is 5.75 Å². The summed E-state index contributed by atoms with van der Waals surface area (Å²) in [6.45, 7) is 2.45. The Morgan fingerprint density at radius 2 is 1.84 bits per heavy atom. The first-order valence-electron chi connectivity index (χ1n) is 7.59. The highest BCUT2D eigenvalue weighted by Gasteiger charge is 2.15. The Morgan fingerprint density at radius 1 is 1.12 bits per heavy atom. The maximum Gasteiger partial charge on any atom is 0.210 e. The zero-order chi connectivity index (χ0) is 17.8. The van der Waals surface area contributed by atoms with E-state index in [9.17, 15) is 8.78 Å². The number of nitrogen functional groups attached to an aromatic ring is 1. The normalized spacial score (nSPS) is 10.8. The molecular weight excluding hydrogens is 346 g/mol. The molecule has 0 bridgehead atoms. The van der Waals surface area contributed by atoms with Crippen LogP contribution in [0.2, 0.25) is 0 Å². The van der Waals surface area contributed by atoms with Crippen LogP contribution in [0, 0.1) is 11.6 Å². The van der Waals surface area contributed by atoms with Crippen molar-refractivity contribution in [3.05, 3.63) is 59.7 Å². The van der Waals surface area contributed by atoms with Gasteiger partial charge in [-0.25, -0.2) is 13.5 Å². The summed E-state index contributed by atoms with van der Waals surface area (Å²) in [6.07, 6.45) is 0. The number of ether oxygens (including phenoxy) is 1.